The van der Waals surface area contributed by atoms with Crippen LogP contribution in [0.5, 0.6) is 0 Å². The van der Waals surface area contributed by atoms with Gasteiger partial charge in [0.05, 0.1) is 5.56 Å². The number of nitrogens with two attached hydrogens (primary N) is 1. The molecular formula is C18H29N3O. The summed E-state index contributed by atoms with van der Waals surface area (Å²) in [5.41, 5.74) is 9.30. The number of hydrogen-bond acceptors (Lipinski definition) is 2. The predicted octanol–water partition coefficient (Wildman–Crippen LogP) is 3.17. The van der Waals surface area contributed by atoms with E-state index in [2.05, 4.69) is 24.5 Å². The van der Waals surface area contributed by atoms with E-state index in [1.807, 2.05) is 4.90 Å². The van der Waals surface area contributed by atoms with Crippen molar-refractivity contribution in [1.82, 2.24) is 9.47 Å². The molecule has 1 amide bonds. The number of hydrogen-bond donors (Lipinski definition) is 1. The van der Waals surface area contributed by atoms with Gasteiger partial charge in [0.15, 0.2) is 0 Å². The molecule has 1 saturated heterocycles. The van der Waals surface area contributed by atoms with E-state index in [4.69, 9.17) is 5.73 Å². The summed E-state index contributed by atoms with van der Waals surface area (Å²) < 4.78 is 2.41. The predicted molar refractivity (Wildman–Crippen MR) is 89.1 cm³/mol. The minimum Gasteiger partial charge on any atom is -0.345 e. The molecule has 0 bridgehead atoms. The summed E-state index contributed by atoms with van der Waals surface area (Å²) in [5.74, 6) is 0.172. The smallest absolute Gasteiger partial charge is 0.255 e. The van der Waals surface area contributed by atoms with Crippen LogP contribution in [0.3, 0.4) is 0 Å². The van der Waals surface area contributed by atoms with Gasteiger partial charge in [0.1, 0.15) is 0 Å². The Hall–Kier alpha value is -1.29. The van der Waals surface area contributed by atoms with Crippen LogP contribution in [0, 0.1) is 13.8 Å². The first kappa shape index (κ1) is 15.6. The van der Waals surface area contributed by atoms with E-state index in [1.54, 1.807) is 0 Å². The molecule has 2 heterocycles. The quantitative estimate of drug-likeness (QED) is 0.912. The first-order valence-electron chi connectivity index (χ1n) is 8.81. The Balaban J connectivity index is 1.83. The number of carbonyl (C=O) groups excluding carboxylic acids is 1. The van der Waals surface area contributed by atoms with Crippen molar-refractivity contribution < 1.29 is 4.79 Å². The minimum absolute atomic E-state index is 0.138. The number of rotatable bonds is 2. The number of carbonyl (C=O) groups is 1. The van der Waals surface area contributed by atoms with Gasteiger partial charge < -0.3 is 15.2 Å². The van der Waals surface area contributed by atoms with Crippen LogP contribution in [-0.2, 0) is 0 Å². The summed E-state index contributed by atoms with van der Waals surface area (Å²) in [6.07, 6.45) is 8.53. The van der Waals surface area contributed by atoms with Crippen molar-refractivity contribution in [2.75, 3.05) is 13.1 Å². The second kappa shape index (κ2) is 6.45. The number of amides is 1. The first-order chi connectivity index (χ1) is 10.6. The molecule has 122 valence electrons. The van der Waals surface area contributed by atoms with Crippen molar-refractivity contribution >= 4 is 5.91 Å². The maximum absolute atomic E-state index is 12.9. The summed E-state index contributed by atoms with van der Waals surface area (Å²) in [4.78, 5) is 14.8. The number of likely N-dealkylation sites (tertiary alicyclic amines) is 1. The molecule has 1 aromatic heterocycles. The van der Waals surface area contributed by atoms with Crippen LogP contribution < -0.4 is 5.73 Å². The first-order valence-corrected chi connectivity index (χ1v) is 8.81. The number of nitrogens with zero attached hydrogens (tertiary/aromatic N) is 2. The van der Waals surface area contributed by atoms with E-state index in [0.717, 1.165) is 30.6 Å². The number of aryl methyl sites for hydroxylation is 1. The van der Waals surface area contributed by atoms with Gasteiger partial charge in [-0.05, 0) is 45.6 Å². The average molecular weight is 303 g/mol. The fourth-order valence-electron chi connectivity index (χ4n) is 4.26. The second-order valence-electron chi connectivity index (χ2n) is 7.10. The fourth-order valence-corrected chi connectivity index (χ4v) is 4.26. The molecule has 22 heavy (non-hydrogen) atoms. The highest BCUT2D eigenvalue weighted by molar-refractivity contribution is 5.95. The van der Waals surface area contributed by atoms with Crippen molar-refractivity contribution in [3.8, 4) is 0 Å². The summed E-state index contributed by atoms with van der Waals surface area (Å²) in [6, 6.07) is 2.81. The molecule has 3 rings (SSSR count). The van der Waals surface area contributed by atoms with Crippen LogP contribution in [0.2, 0.25) is 0 Å². The van der Waals surface area contributed by atoms with E-state index in [0.29, 0.717) is 12.6 Å². The molecule has 1 aliphatic carbocycles. The molecule has 2 aliphatic rings. The Morgan fingerprint density at radius 2 is 1.86 bits per heavy atom. The molecule has 1 saturated carbocycles. The van der Waals surface area contributed by atoms with E-state index < -0.39 is 0 Å². The molecule has 0 radical (unpaired) electrons. The van der Waals surface area contributed by atoms with Crippen molar-refractivity contribution in [3.63, 3.8) is 0 Å². The van der Waals surface area contributed by atoms with Crippen LogP contribution in [0.15, 0.2) is 6.07 Å². The molecule has 2 N–H and O–H groups in total. The number of piperidine rings is 1. The SMILES string of the molecule is Cc1cc(C(=O)N2CCCC(N)C2)c(C)n1C1CCCCC1. The van der Waals surface area contributed by atoms with Crippen LogP contribution in [-0.4, -0.2) is 34.5 Å². The second-order valence-corrected chi connectivity index (χ2v) is 7.10. The van der Waals surface area contributed by atoms with Gasteiger partial charge in [-0.1, -0.05) is 19.3 Å². The average Bonchev–Trinajstić information content (AvgIpc) is 2.82. The molecule has 0 aromatic carbocycles. The van der Waals surface area contributed by atoms with Crippen molar-refractivity contribution in [1.29, 1.82) is 0 Å². The topological polar surface area (TPSA) is 51.3 Å². The summed E-state index contributed by atoms with van der Waals surface area (Å²) in [7, 11) is 0. The zero-order valence-electron chi connectivity index (χ0n) is 14.0. The molecule has 4 nitrogen and oxygen atoms in total. The third-order valence-electron chi connectivity index (χ3n) is 5.40. The Morgan fingerprint density at radius 3 is 2.55 bits per heavy atom. The third kappa shape index (κ3) is 2.94. The van der Waals surface area contributed by atoms with Gasteiger partial charge in [0, 0.05) is 36.6 Å². The van der Waals surface area contributed by atoms with Crippen LogP contribution in [0.4, 0.5) is 0 Å². The molecular weight excluding hydrogens is 274 g/mol. The molecule has 1 unspecified atom stereocenters. The summed E-state index contributed by atoms with van der Waals surface area (Å²) in [5, 5.41) is 0. The highest BCUT2D eigenvalue weighted by Gasteiger charge is 2.27. The third-order valence-corrected chi connectivity index (χ3v) is 5.40. The Labute approximate surface area is 133 Å². The molecule has 0 spiro atoms. The summed E-state index contributed by atoms with van der Waals surface area (Å²) >= 11 is 0. The van der Waals surface area contributed by atoms with Crippen molar-refractivity contribution in [2.24, 2.45) is 5.73 Å². The number of aromatic nitrogens is 1. The van der Waals surface area contributed by atoms with Gasteiger partial charge in [-0.15, -0.1) is 0 Å². The van der Waals surface area contributed by atoms with Gasteiger partial charge in [0.25, 0.3) is 5.91 Å². The molecule has 1 atom stereocenters. The zero-order chi connectivity index (χ0) is 15.7. The standard InChI is InChI=1S/C18H29N3O/c1-13-11-17(18(22)20-10-6-7-15(19)12-20)14(2)21(13)16-8-4-3-5-9-16/h11,15-16H,3-10,12,19H2,1-2H3. The van der Waals surface area contributed by atoms with Crippen LogP contribution >= 0.6 is 0 Å². The molecule has 1 aromatic rings. The minimum atomic E-state index is 0.138. The lowest BCUT2D eigenvalue weighted by atomic mass is 9.95. The molecule has 1 aliphatic heterocycles. The van der Waals surface area contributed by atoms with E-state index in [9.17, 15) is 4.79 Å². The fraction of sp³-hybridized carbons (Fsp3) is 0.722. The monoisotopic (exact) mass is 303 g/mol. The Morgan fingerprint density at radius 1 is 1.14 bits per heavy atom. The van der Waals surface area contributed by atoms with Crippen LogP contribution in [0.25, 0.3) is 0 Å². The van der Waals surface area contributed by atoms with Gasteiger partial charge in [-0.3, -0.25) is 4.79 Å². The highest BCUT2D eigenvalue weighted by atomic mass is 16.2. The lowest BCUT2D eigenvalue weighted by Gasteiger charge is -2.31. The summed E-state index contributed by atoms with van der Waals surface area (Å²) in [6.45, 7) is 5.80. The van der Waals surface area contributed by atoms with E-state index in [1.165, 1.54) is 37.8 Å². The lowest BCUT2D eigenvalue weighted by Crippen LogP contribution is -2.45. The maximum Gasteiger partial charge on any atom is 0.255 e. The van der Waals surface area contributed by atoms with Gasteiger partial charge in [-0.2, -0.15) is 0 Å². The van der Waals surface area contributed by atoms with Crippen molar-refractivity contribution in [2.45, 2.75) is 70.9 Å². The maximum atomic E-state index is 12.9. The normalized spacial score (nSPS) is 23.8. The molecule has 2 fully saturated rings. The van der Waals surface area contributed by atoms with Gasteiger partial charge in [0.2, 0.25) is 0 Å². The molecule has 4 heteroatoms. The van der Waals surface area contributed by atoms with Crippen molar-refractivity contribution in [3.05, 3.63) is 23.0 Å². The van der Waals surface area contributed by atoms with Gasteiger partial charge >= 0.3 is 0 Å². The Kier molecular flexibility index (Phi) is 4.57. The van der Waals surface area contributed by atoms with E-state index >= 15 is 0 Å². The van der Waals surface area contributed by atoms with E-state index in [-0.39, 0.29) is 11.9 Å². The highest BCUT2D eigenvalue weighted by Crippen LogP contribution is 2.32. The Bertz CT molecular complexity index is 543. The lowest BCUT2D eigenvalue weighted by molar-refractivity contribution is 0.0708. The van der Waals surface area contributed by atoms with Gasteiger partial charge in [-0.25, -0.2) is 0 Å². The zero-order valence-corrected chi connectivity index (χ0v) is 14.0. The van der Waals surface area contributed by atoms with Crippen LogP contribution in [0.1, 0.15) is 72.7 Å². The largest absolute Gasteiger partial charge is 0.345 e.